The van der Waals surface area contributed by atoms with E-state index in [0.717, 1.165) is 17.7 Å². The number of hydrogen-bond donors (Lipinski definition) is 0. The first-order valence-electron chi connectivity index (χ1n) is 6.89. The van der Waals surface area contributed by atoms with Gasteiger partial charge in [-0.25, -0.2) is 0 Å². The minimum Gasteiger partial charge on any atom is -0.332 e. The summed E-state index contributed by atoms with van der Waals surface area (Å²) < 4.78 is 0. The summed E-state index contributed by atoms with van der Waals surface area (Å²) >= 11 is 1.65. The number of carbonyl (C=O) groups is 1. The quantitative estimate of drug-likeness (QED) is 0.761. The van der Waals surface area contributed by atoms with Crippen LogP contribution in [0.5, 0.6) is 0 Å². The predicted molar refractivity (Wildman–Crippen MR) is 83.4 cm³/mol. The van der Waals surface area contributed by atoms with E-state index < -0.39 is 0 Å². The molecule has 0 saturated heterocycles. The van der Waals surface area contributed by atoms with Gasteiger partial charge in [0.1, 0.15) is 0 Å². The predicted octanol–water partition coefficient (Wildman–Crippen LogP) is 3.95. The zero-order valence-corrected chi connectivity index (χ0v) is 12.1. The van der Waals surface area contributed by atoms with Gasteiger partial charge in [-0.15, -0.1) is 11.3 Å². The lowest BCUT2D eigenvalue weighted by Gasteiger charge is -2.20. The average molecular weight is 283 g/mol. The fourth-order valence-electron chi connectivity index (χ4n) is 2.19. The molecule has 0 radical (unpaired) electrons. The topological polar surface area (TPSA) is 20.3 Å². The highest BCUT2D eigenvalue weighted by atomic mass is 32.1. The maximum atomic E-state index is 12.4. The van der Waals surface area contributed by atoms with Crippen LogP contribution in [0.2, 0.25) is 0 Å². The van der Waals surface area contributed by atoms with Crippen molar-refractivity contribution in [3.05, 3.63) is 64.4 Å². The summed E-state index contributed by atoms with van der Waals surface area (Å²) in [6, 6.07) is 14.6. The van der Waals surface area contributed by atoms with E-state index in [0.29, 0.717) is 12.6 Å². The van der Waals surface area contributed by atoms with Crippen LogP contribution >= 0.6 is 11.3 Å². The Kier molecular flexibility index (Phi) is 3.97. The Labute approximate surface area is 123 Å². The van der Waals surface area contributed by atoms with Crippen LogP contribution in [-0.4, -0.2) is 16.8 Å². The fraction of sp³-hybridized carbons (Fsp3) is 0.235. The Bertz CT molecular complexity index is 585. The summed E-state index contributed by atoms with van der Waals surface area (Å²) in [6.07, 6.45) is 5.87. The second-order valence-corrected chi connectivity index (χ2v) is 6.01. The zero-order valence-electron chi connectivity index (χ0n) is 11.2. The monoisotopic (exact) mass is 283 g/mol. The smallest absolute Gasteiger partial charge is 0.247 e. The number of carbonyl (C=O) groups excluding carboxylic acids is 1. The number of benzene rings is 1. The van der Waals surface area contributed by atoms with E-state index in [1.165, 1.54) is 5.56 Å². The van der Waals surface area contributed by atoms with Gasteiger partial charge in [-0.2, -0.15) is 0 Å². The third kappa shape index (κ3) is 3.36. The standard InChI is InChI=1S/C17H17NOS/c19-17(11-10-16-7-4-12-20-16)18(15-8-9-15)13-14-5-2-1-3-6-14/h1-7,10-12,15H,8-9,13H2/b11-10+. The second kappa shape index (κ2) is 6.06. The summed E-state index contributed by atoms with van der Waals surface area (Å²) in [4.78, 5) is 15.5. The van der Waals surface area contributed by atoms with Crippen molar-refractivity contribution in [3.63, 3.8) is 0 Å². The molecule has 20 heavy (non-hydrogen) atoms. The van der Waals surface area contributed by atoms with Crippen molar-refractivity contribution in [3.8, 4) is 0 Å². The Hall–Kier alpha value is -1.87. The summed E-state index contributed by atoms with van der Waals surface area (Å²) in [6.45, 7) is 0.707. The molecular formula is C17H17NOS. The van der Waals surface area contributed by atoms with Crippen molar-refractivity contribution in [1.82, 2.24) is 4.90 Å². The zero-order chi connectivity index (χ0) is 13.8. The largest absolute Gasteiger partial charge is 0.332 e. The lowest BCUT2D eigenvalue weighted by Crippen LogP contribution is -2.31. The van der Waals surface area contributed by atoms with Crippen molar-refractivity contribution in [2.24, 2.45) is 0 Å². The van der Waals surface area contributed by atoms with Crippen LogP contribution in [0.1, 0.15) is 23.3 Å². The molecule has 3 heteroatoms. The van der Waals surface area contributed by atoms with E-state index in [1.807, 2.05) is 46.7 Å². The molecule has 0 N–H and O–H groups in total. The number of nitrogens with zero attached hydrogens (tertiary/aromatic N) is 1. The summed E-state index contributed by atoms with van der Waals surface area (Å²) in [7, 11) is 0. The molecule has 2 nitrogen and oxygen atoms in total. The van der Waals surface area contributed by atoms with Crippen LogP contribution in [0.25, 0.3) is 6.08 Å². The molecule has 1 fully saturated rings. The third-order valence-electron chi connectivity index (χ3n) is 3.40. The van der Waals surface area contributed by atoms with Gasteiger partial charge >= 0.3 is 0 Å². The molecule has 0 unspecified atom stereocenters. The minimum absolute atomic E-state index is 0.116. The van der Waals surface area contributed by atoms with Gasteiger partial charge in [0.05, 0.1) is 0 Å². The highest BCUT2D eigenvalue weighted by molar-refractivity contribution is 7.10. The maximum absolute atomic E-state index is 12.4. The second-order valence-electron chi connectivity index (χ2n) is 5.03. The number of thiophene rings is 1. The molecule has 0 aliphatic heterocycles. The van der Waals surface area contributed by atoms with Gasteiger partial charge in [-0.05, 0) is 35.9 Å². The number of hydrogen-bond acceptors (Lipinski definition) is 2. The molecule has 1 heterocycles. The summed E-state index contributed by atoms with van der Waals surface area (Å²) in [5, 5.41) is 2.02. The molecule has 0 spiro atoms. The highest BCUT2D eigenvalue weighted by Crippen LogP contribution is 2.28. The van der Waals surface area contributed by atoms with Crippen molar-refractivity contribution < 1.29 is 4.79 Å². The summed E-state index contributed by atoms with van der Waals surface area (Å²) in [5.74, 6) is 0.116. The van der Waals surface area contributed by atoms with E-state index in [9.17, 15) is 4.79 Å². The first kappa shape index (κ1) is 13.1. The van der Waals surface area contributed by atoms with Gasteiger partial charge in [-0.3, -0.25) is 4.79 Å². The van der Waals surface area contributed by atoms with E-state index in [-0.39, 0.29) is 5.91 Å². The Morgan fingerprint density at radius 2 is 2.00 bits per heavy atom. The van der Waals surface area contributed by atoms with Gasteiger partial charge in [0.2, 0.25) is 5.91 Å². The van der Waals surface area contributed by atoms with Crippen molar-refractivity contribution in [1.29, 1.82) is 0 Å². The molecule has 1 aromatic heterocycles. The van der Waals surface area contributed by atoms with Crippen molar-refractivity contribution in [2.45, 2.75) is 25.4 Å². The highest BCUT2D eigenvalue weighted by Gasteiger charge is 2.31. The maximum Gasteiger partial charge on any atom is 0.247 e. The molecule has 2 aromatic rings. The molecular weight excluding hydrogens is 266 g/mol. The molecule has 3 rings (SSSR count). The van der Waals surface area contributed by atoms with Gasteiger partial charge in [0.15, 0.2) is 0 Å². The fourth-order valence-corrected chi connectivity index (χ4v) is 2.81. The van der Waals surface area contributed by atoms with Crippen LogP contribution < -0.4 is 0 Å². The molecule has 0 bridgehead atoms. The van der Waals surface area contributed by atoms with Gasteiger partial charge in [-0.1, -0.05) is 36.4 Å². The minimum atomic E-state index is 0.116. The van der Waals surface area contributed by atoms with Gasteiger partial charge in [0.25, 0.3) is 0 Å². The van der Waals surface area contributed by atoms with Gasteiger partial charge in [0, 0.05) is 23.5 Å². The molecule has 1 amide bonds. The van der Waals surface area contributed by atoms with Crippen molar-refractivity contribution >= 4 is 23.3 Å². The number of amides is 1. The Balaban J connectivity index is 1.69. The molecule has 1 aromatic carbocycles. The first-order chi connectivity index (χ1) is 9.83. The van der Waals surface area contributed by atoms with Crippen LogP contribution in [0.15, 0.2) is 53.9 Å². The summed E-state index contributed by atoms with van der Waals surface area (Å²) in [5.41, 5.74) is 1.19. The average Bonchev–Trinajstić information content (AvgIpc) is 3.19. The lowest BCUT2D eigenvalue weighted by atomic mass is 10.2. The van der Waals surface area contributed by atoms with Crippen LogP contribution in [0.3, 0.4) is 0 Å². The number of rotatable bonds is 5. The van der Waals surface area contributed by atoms with Gasteiger partial charge < -0.3 is 4.90 Å². The molecule has 1 saturated carbocycles. The normalized spacial score (nSPS) is 14.6. The molecule has 0 atom stereocenters. The van der Waals surface area contributed by atoms with Crippen LogP contribution in [-0.2, 0) is 11.3 Å². The Morgan fingerprint density at radius 3 is 2.65 bits per heavy atom. The van der Waals surface area contributed by atoms with Crippen molar-refractivity contribution in [2.75, 3.05) is 0 Å². The van der Waals surface area contributed by atoms with Crippen LogP contribution in [0.4, 0.5) is 0 Å². The van der Waals surface area contributed by atoms with E-state index in [2.05, 4.69) is 12.1 Å². The molecule has 102 valence electrons. The SMILES string of the molecule is O=C(/C=C/c1cccs1)N(Cc1ccccc1)C1CC1. The van der Waals surface area contributed by atoms with E-state index in [4.69, 9.17) is 0 Å². The Morgan fingerprint density at radius 1 is 1.20 bits per heavy atom. The first-order valence-corrected chi connectivity index (χ1v) is 7.77. The third-order valence-corrected chi connectivity index (χ3v) is 4.24. The lowest BCUT2D eigenvalue weighted by molar-refractivity contribution is -0.127. The molecule has 1 aliphatic carbocycles. The van der Waals surface area contributed by atoms with E-state index >= 15 is 0 Å². The molecule has 1 aliphatic rings. The van der Waals surface area contributed by atoms with E-state index in [1.54, 1.807) is 17.4 Å². The van der Waals surface area contributed by atoms with Crippen LogP contribution in [0, 0.1) is 0 Å².